The van der Waals surface area contributed by atoms with Gasteiger partial charge in [0.2, 0.25) is 0 Å². The summed E-state index contributed by atoms with van der Waals surface area (Å²) in [6.45, 7) is 1.83. The third-order valence-electron chi connectivity index (χ3n) is 2.47. The second kappa shape index (κ2) is 4.94. The Morgan fingerprint density at radius 3 is 2.80 bits per heavy atom. The lowest BCUT2D eigenvalue weighted by Gasteiger charge is -2.24. The highest BCUT2D eigenvalue weighted by atomic mass is 32.2. The number of carbonyl (C=O) groups is 1. The summed E-state index contributed by atoms with van der Waals surface area (Å²) < 4.78 is 27.2. The van der Waals surface area contributed by atoms with Gasteiger partial charge in [0.05, 0.1) is 18.1 Å². The maximum atomic E-state index is 11.3. The van der Waals surface area contributed by atoms with Crippen molar-refractivity contribution in [3.05, 3.63) is 0 Å². The molecule has 0 aromatic rings. The lowest BCUT2D eigenvalue weighted by atomic mass is 9.99. The van der Waals surface area contributed by atoms with Crippen LogP contribution in [0.15, 0.2) is 0 Å². The average molecular weight is 236 g/mol. The zero-order valence-corrected chi connectivity index (χ0v) is 9.50. The van der Waals surface area contributed by atoms with Gasteiger partial charge in [-0.1, -0.05) is 0 Å². The molecule has 0 radical (unpaired) electrons. The molecule has 1 aliphatic heterocycles. The summed E-state index contributed by atoms with van der Waals surface area (Å²) in [5.74, 6) is -1.20. The van der Waals surface area contributed by atoms with Gasteiger partial charge in [-0.05, 0) is 19.8 Å². The topological polar surface area (TPSA) is 80.7 Å². The van der Waals surface area contributed by atoms with Crippen molar-refractivity contribution in [3.63, 3.8) is 0 Å². The van der Waals surface area contributed by atoms with Crippen LogP contribution in [0.1, 0.15) is 19.8 Å². The number of hydrogen-bond donors (Lipinski definition) is 1. The molecule has 2 atom stereocenters. The Morgan fingerprint density at radius 1 is 1.60 bits per heavy atom. The first kappa shape index (κ1) is 12.4. The number of sulfone groups is 1. The number of hydrogen-bond acceptors (Lipinski definition) is 5. The third kappa shape index (κ3) is 3.46. The van der Waals surface area contributed by atoms with E-state index in [0.717, 1.165) is 0 Å². The summed E-state index contributed by atoms with van der Waals surface area (Å²) in [6.07, 6.45) is -0.247. The fourth-order valence-corrected chi connectivity index (χ4v) is 3.50. The van der Waals surface area contributed by atoms with Gasteiger partial charge in [-0.25, -0.2) is 13.2 Å². The van der Waals surface area contributed by atoms with E-state index in [-0.39, 0.29) is 18.1 Å². The van der Waals surface area contributed by atoms with Gasteiger partial charge in [-0.15, -0.1) is 0 Å². The molecule has 1 heterocycles. The summed E-state index contributed by atoms with van der Waals surface area (Å²) in [6, 6.07) is 0. The molecular weight excluding hydrogens is 220 g/mol. The molecular formula is C9H16O5S. The van der Waals surface area contributed by atoms with Crippen LogP contribution in [-0.4, -0.2) is 43.7 Å². The van der Waals surface area contributed by atoms with Gasteiger partial charge in [0.15, 0.2) is 15.9 Å². The minimum atomic E-state index is -3.09. The SMILES string of the molecule is CCOC(=O)C(O)C1CCCS(=O)(=O)C1. The van der Waals surface area contributed by atoms with Crippen LogP contribution in [0, 0.1) is 5.92 Å². The molecule has 1 rings (SSSR count). The molecule has 0 amide bonds. The van der Waals surface area contributed by atoms with Crippen LogP contribution >= 0.6 is 0 Å². The lowest BCUT2D eigenvalue weighted by molar-refractivity contribution is -0.155. The molecule has 0 spiro atoms. The zero-order chi connectivity index (χ0) is 11.5. The molecule has 88 valence electrons. The van der Waals surface area contributed by atoms with Crippen molar-refractivity contribution in [2.24, 2.45) is 5.92 Å². The van der Waals surface area contributed by atoms with E-state index in [0.29, 0.717) is 12.8 Å². The van der Waals surface area contributed by atoms with Gasteiger partial charge in [0, 0.05) is 5.92 Å². The van der Waals surface area contributed by atoms with Gasteiger partial charge in [-0.3, -0.25) is 0 Å². The van der Waals surface area contributed by atoms with E-state index in [1.165, 1.54) is 0 Å². The molecule has 15 heavy (non-hydrogen) atoms. The third-order valence-corrected chi connectivity index (χ3v) is 4.32. The number of carbonyl (C=O) groups excluding carboxylic acids is 1. The fourth-order valence-electron chi connectivity index (χ4n) is 1.73. The minimum absolute atomic E-state index is 0.118. The number of ether oxygens (including phenoxy) is 1. The largest absolute Gasteiger partial charge is 0.464 e. The van der Waals surface area contributed by atoms with Crippen molar-refractivity contribution in [3.8, 4) is 0 Å². The second-order valence-corrected chi connectivity index (χ2v) is 5.94. The number of rotatable bonds is 3. The van der Waals surface area contributed by atoms with E-state index in [1.54, 1.807) is 6.92 Å². The van der Waals surface area contributed by atoms with Crippen LogP contribution in [0.4, 0.5) is 0 Å². The Morgan fingerprint density at radius 2 is 2.27 bits per heavy atom. The summed E-state index contributed by atoms with van der Waals surface area (Å²) in [5, 5.41) is 9.57. The lowest BCUT2D eigenvalue weighted by Crippen LogP contribution is -2.38. The quantitative estimate of drug-likeness (QED) is 0.682. The Hall–Kier alpha value is -0.620. The normalized spacial score (nSPS) is 26.9. The molecule has 1 aliphatic rings. The van der Waals surface area contributed by atoms with Gasteiger partial charge in [0.1, 0.15) is 0 Å². The van der Waals surface area contributed by atoms with Crippen molar-refractivity contribution in [2.45, 2.75) is 25.9 Å². The predicted octanol–water partition coefficient (Wildman–Crippen LogP) is -0.265. The van der Waals surface area contributed by atoms with Gasteiger partial charge in [-0.2, -0.15) is 0 Å². The van der Waals surface area contributed by atoms with Crippen molar-refractivity contribution in [2.75, 3.05) is 18.1 Å². The number of aliphatic hydroxyl groups is 1. The summed E-state index contributed by atoms with van der Waals surface area (Å²) in [7, 11) is -3.09. The highest BCUT2D eigenvalue weighted by Gasteiger charge is 2.34. The van der Waals surface area contributed by atoms with Crippen LogP contribution in [0.5, 0.6) is 0 Å². The maximum Gasteiger partial charge on any atom is 0.335 e. The van der Waals surface area contributed by atoms with E-state index in [2.05, 4.69) is 4.74 Å². The molecule has 6 heteroatoms. The van der Waals surface area contributed by atoms with Crippen molar-refractivity contribution < 1.29 is 23.1 Å². The fraction of sp³-hybridized carbons (Fsp3) is 0.889. The zero-order valence-electron chi connectivity index (χ0n) is 8.68. The van der Waals surface area contributed by atoms with E-state index >= 15 is 0 Å². The monoisotopic (exact) mass is 236 g/mol. The molecule has 1 N–H and O–H groups in total. The van der Waals surface area contributed by atoms with E-state index in [1.807, 2.05) is 0 Å². The standard InChI is InChI=1S/C9H16O5S/c1-2-14-9(11)8(10)7-4-3-5-15(12,13)6-7/h7-8,10H,2-6H2,1H3. The molecule has 0 saturated carbocycles. The molecule has 0 aromatic heterocycles. The van der Waals surface area contributed by atoms with Crippen LogP contribution in [0.25, 0.3) is 0 Å². The van der Waals surface area contributed by atoms with Crippen LogP contribution < -0.4 is 0 Å². The predicted molar refractivity (Wildman–Crippen MR) is 54.0 cm³/mol. The first-order valence-corrected chi connectivity index (χ1v) is 6.83. The summed E-state index contributed by atoms with van der Waals surface area (Å²) in [5.41, 5.74) is 0. The van der Waals surface area contributed by atoms with Crippen molar-refractivity contribution in [1.82, 2.24) is 0 Å². The van der Waals surface area contributed by atoms with E-state index < -0.39 is 27.8 Å². The Bertz CT molecular complexity index is 321. The smallest absolute Gasteiger partial charge is 0.335 e. The minimum Gasteiger partial charge on any atom is -0.464 e. The second-order valence-electron chi connectivity index (χ2n) is 3.71. The highest BCUT2D eigenvalue weighted by molar-refractivity contribution is 7.91. The summed E-state index contributed by atoms with van der Waals surface area (Å²) >= 11 is 0. The molecule has 1 saturated heterocycles. The first-order chi connectivity index (χ1) is 6.96. The highest BCUT2D eigenvalue weighted by Crippen LogP contribution is 2.22. The first-order valence-electron chi connectivity index (χ1n) is 5.01. The Labute approximate surface area is 89.3 Å². The number of esters is 1. The molecule has 1 fully saturated rings. The average Bonchev–Trinajstić information content (AvgIpc) is 2.15. The van der Waals surface area contributed by atoms with Gasteiger partial charge < -0.3 is 9.84 Å². The van der Waals surface area contributed by atoms with Gasteiger partial charge in [0.25, 0.3) is 0 Å². The molecule has 0 aliphatic carbocycles. The van der Waals surface area contributed by atoms with Crippen LogP contribution in [0.2, 0.25) is 0 Å². The Kier molecular flexibility index (Phi) is 4.10. The Balaban J connectivity index is 2.60. The van der Waals surface area contributed by atoms with Crippen molar-refractivity contribution >= 4 is 15.8 Å². The number of aliphatic hydroxyl groups excluding tert-OH is 1. The molecule has 0 bridgehead atoms. The molecule has 5 nitrogen and oxygen atoms in total. The van der Waals surface area contributed by atoms with Crippen LogP contribution in [0.3, 0.4) is 0 Å². The van der Waals surface area contributed by atoms with E-state index in [9.17, 15) is 18.3 Å². The van der Waals surface area contributed by atoms with E-state index in [4.69, 9.17) is 0 Å². The maximum absolute atomic E-state index is 11.3. The van der Waals surface area contributed by atoms with Crippen LogP contribution in [-0.2, 0) is 19.4 Å². The molecule has 0 aromatic carbocycles. The van der Waals surface area contributed by atoms with Crippen molar-refractivity contribution in [1.29, 1.82) is 0 Å². The molecule has 2 unspecified atom stereocenters. The summed E-state index contributed by atoms with van der Waals surface area (Å²) in [4.78, 5) is 11.2. The van der Waals surface area contributed by atoms with Gasteiger partial charge >= 0.3 is 5.97 Å².